The van der Waals surface area contributed by atoms with Gasteiger partial charge in [-0.25, -0.2) is 5.48 Å². The van der Waals surface area contributed by atoms with E-state index in [2.05, 4.69) is 10.8 Å². The summed E-state index contributed by atoms with van der Waals surface area (Å²) in [5.74, 6) is -0.0336. The van der Waals surface area contributed by atoms with Gasteiger partial charge in [0.15, 0.2) is 0 Å². The third-order valence-corrected chi connectivity index (χ3v) is 1.09. The lowest BCUT2D eigenvalue weighted by molar-refractivity contribution is -0.119. The summed E-state index contributed by atoms with van der Waals surface area (Å²) in [5.41, 5.74) is 2.68. The molecule has 1 amide bonds. The highest BCUT2D eigenvalue weighted by Crippen LogP contribution is 1.69. The molecule has 2 N–H and O–H groups in total. The van der Waals surface area contributed by atoms with Crippen LogP contribution in [0.15, 0.2) is 0 Å². The van der Waals surface area contributed by atoms with Crippen molar-refractivity contribution in [1.29, 1.82) is 0 Å². The zero-order valence-corrected chi connectivity index (χ0v) is 7.55. The van der Waals surface area contributed by atoms with E-state index in [1.54, 1.807) is 7.11 Å². The number of carbonyl (C=O) groups is 1. The fraction of sp³-hybridized carbons (Fsp3) is 0.857. The van der Waals surface area contributed by atoms with Crippen LogP contribution in [0.25, 0.3) is 0 Å². The van der Waals surface area contributed by atoms with Gasteiger partial charge in [0, 0.05) is 27.1 Å². The Morgan fingerprint density at radius 3 is 2.67 bits per heavy atom. The van der Waals surface area contributed by atoms with Crippen LogP contribution in [0.3, 0.4) is 0 Å². The van der Waals surface area contributed by atoms with E-state index < -0.39 is 0 Å². The highest BCUT2D eigenvalue weighted by molar-refractivity contribution is 5.72. The minimum absolute atomic E-state index is 0.0336. The van der Waals surface area contributed by atoms with Gasteiger partial charge in [-0.15, -0.1) is 0 Å². The molecule has 0 aliphatic heterocycles. The van der Waals surface area contributed by atoms with Crippen molar-refractivity contribution in [1.82, 2.24) is 10.8 Å². The van der Waals surface area contributed by atoms with Crippen molar-refractivity contribution in [3.63, 3.8) is 0 Å². The molecule has 0 aromatic carbocycles. The van der Waals surface area contributed by atoms with Gasteiger partial charge in [-0.3, -0.25) is 9.63 Å². The van der Waals surface area contributed by atoms with Gasteiger partial charge < -0.3 is 10.1 Å². The molecule has 0 rings (SSSR count). The minimum Gasteiger partial charge on any atom is -0.382 e. The third kappa shape index (κ3) is 9.35. The molecule has 0 aliphatic rings. The number of rotatable bonds is 7. The first-order valence-corrected chi connectivity index (χ1v) is 3.85. The topological polar surface area (TPSA) is 59.6 Å². The molecule has 5 heteroatoms. The smallest absolute Gasteiger partial charge is 0.216 e. The summed E-state index contributed by atoms with van der Waals surface area (Å²) in [7, 11) is 1.61. The Balaban J connectivity index is 2.86. The molecular formula is C7H16N2O3. The molecule has 0 heterocycles. The van der Waals surface area contributed by atoms with E-state index in [0.29, 0.717) is 26.3 Å². The molecule has 0 radical (unpaired) electrons. The molecule has 0 bridgehead atoms. The Bertz CT molecular complexity index is 119. The molecule has 0 aliphatic carbocycles. The standard InChI is InChI=1S/C7H16N2O3/c1-7(10)8-3-4-9-12-6-5-11-2/h9H,3-6H2,1-2H3,(H,8,10). The van der Waals surface area contributed by atoms with Gasteiger partial charge in [-0.1, -0.05) is 0 Å². The molecular weight excluding hydrogens is 160 g/mol. The molecule has 0 aromatic heterocycles. The predicted octanol–water partition coefficient (Wildman–Crippen LogP) is -0.710. The van der Waals surface area contributed by atoms with Crippen molar-refractivity contribution in [3.8, 4) is 0 Å². The molecule has 0 aromatic rings. The molecule has 0 fully saturated rings. The van der Waals surface area contributed by atoms with Crippen LogP contribution >= 0.6 is 0 Å². The highest BCUT2D eigenvalue weighted by Gasteiger charge is 1.89. The lowest BCUT2D eigenvalue weighted by atomic mass is 10.6. The third-order valence-electron chi connectivity index (χ3n) is 1.09. The summed E-state index contributed by atoms with van der Waals surface area (Å²) < 4.78 is 4.75. The van der Waals surface area contributed by atoms with Crippen molar-refractivity contribution < 1.29 is 14.4 Å². The van der Waals surface area contributed by atoms with E-state index in [0.717, 1.165) is 0 Å². The SMILES string of the molecule is COCCONCCNC(C)=O. The fourth-order valence-electron chi connectivity index (χ4n) is 0.559. The van der Waals surface area contributed by atoms with Gasteiger partial charge in [0.1, 0.15) is 0 Å². The number of carbonyl (C=O) groups excluding carboxylic acids is 1. The number of hydroxylamine groups is 1. The van der Waals surface area contributed by atoms with Crippen molar-refractivity contribution in [3.05, 3.63) is 0 Å². The van der Waals surface area contributed by atoms with E-state index in [1.807, 2.05) is 0 Å². The van der Waals surface area contributed by atoms with E-state index in [9.17, 15) is 4.79 Å². The largest absolute Gasteiger partial charge is 0.382 e. The zero-order chi connectivity index (χ0) is 9.23. The van der Waals surface area contributed by atoms with E-state index in [-0.39, 0.29) is 5.91 Å². The number of hydrogen-bond donors (Lipinski definition) is 2. The second-order valence-electron chi connectivity index (χ2n) is 2.22. The molecule has 0 unspecified atom stereocenters. The van der Waals surface area contributed by atoms with Gasteiger partial charge in [0.2, 0.25) is 5.91 Å². The average molecular weight is 176 g/mol. The van der Waals surface area contributed by atoms with Crippen LogP contribution in [-0.4, -0.2) is 39.3 Å². The lowest BCUT2D eigenvalue weighted by Gasteiger charge is -2.04. The van der Waals surface area contributed by atoms with Crippen LogP contribution < -0.4 is 10.8 Å². The summed E-state index contributed by atoms with van der Waals surface area (Å²) in [6, 6.07) is 0. The van der Waals surface area contributed by atoms with Crippen molar-refractivity contribution in [2.75, 3.05) is 33.4 Å². The van der Waals surface area contributed by atoms with Gasteiger partial charge in [-0.2, -0.15) is 0 Å². The van der Waals surface area contributed by atoms with Crippen LogP contribution in [0.1, 0.15) is 6.92 Å². The predicted molar refractivity (Wildman–Crippen MR) is 44.5 cm³/mol. The molecule has 5 nitrogen and oxygen atoms in total. The molecule has 72 valence electrons. The molecule has 0 atom stereocenters. The Morgan fingerprint density at radius 2 is 2.08 bits per heavy atom. The Morgan fingerprint density at radius 1 is 1.33 bits per heavy atom. The number of nitrogens with one attached hydrogen (secondary N) is 2. The quantitative estimate of drug-likeness (QED) is 0.397. The van der Waals surface area contributed by atoms with Crippen molar-refractivity contribution in [2.45, 2.75) is 6.92 Å². The zero-order valence-electron chi connectivity index (χ0n) is 7.55. The van der Waals surface area contributed by atoms with Crippen LogP contribution in [0.5, 0.6) is 0 Å². The number of amides is 1. The number of methoxy groups -OCH3 is 1. The van der Waals surface area contributed by atoms with Crippen LogP contribution in [0.4, 0.5) is 0 Å². The molecule has 12 heavy (non-hydrogen) atoms. The van der Waals surface area contributed by atoms with Gasteiger partial charge in [0.25, 0.3) is 0 Å². The minimum atomic E-state index is -0.0336. The molecule has 0 spiro atoms. The van der Waals surface area contributed by atoms with E-state index in [1.165, 1.54) is 6.92 Å². The number of hydrogen-bond acceptors (Lipinski definition) is 4. The Hall–Kier alpha value is -0.650. The first kappa shape index (κ1) is 11.4. The highest BCUT2D eigenvalue weighted by atomic mass is 16.7. The van der Waals surface area contributed by atoms with Crippen molar-refractivity contribution >= 4 is 5.91 Å². The fourth-order valence-corrected chi connectivity index (χ4v) is 0.559. The van der Waals surface area contributed by atoms with E-state index >= 15 is 0 Å². The summed E-state index contributed by atoms with van der Waals surface area (Å²) >= 11 is 0. The first-order chi connectivity index (χ1) is 5.77. The first-order valence-electron chi connectivity index (χ1n) is 3.85. The number of ether oxygens (including phenoxy) is 1. The summed E-state index contributed by atoms with van der Waals surface area (Å²) in [4.78, 5) is 15.3. The van der Waals surface area contributed by atoms with Gasteiger partial charge in [-0.05, 0) is 0 Å². The summed E-state index contributed by atoms with van der Waals surface area (Å²) in [6.45, 7) is 3.72. The normalized spacial score (nSPS) is 9.83. The second kappa shape index (κ2) is 8.45. The van der Waals surface area contributed by atoms with Crippen LogP contribution in [0, 0.1) is 0 Å². The van der Waals surface area contributed by atoms with Crippen molar-refractivity contribution in [2.24, 2.45) is 0 Å². The Kier molecular flexibility index (Phi) is 7.99. The van der Waals surface area contributed by atoms with Gasteiger partial charge >= 0.3 is 0 Å². The molecule has 0 saturated carbocycles. The summed E-state index contributed by atoms with van der Waals surface area (Å²) in [6.07, 6.45) is 0. The summed E-state index contributed by atoms with van der Waals surface area (Å²) in [5, 5.41) is 2.62. The van der Waals surface area contributed by atoms with E-state index in [4.69, 9.17) is 9.57 Å². The molecule has 0 saturated heterocycles. The monoisotopic (exact) mass is 176 g/mol. The second-order valence-corrected chi connectivity index (χ2v) is 2.22. The van der Waals surface area contributed by atoms with Crippen LogP contribution in [-0.2, 0) is 14.4 Å². The lowest BCUT2D eigenvalue weighted by Crippen LogP contribution is -2.30. The maximum atomic E-state index is 10.4. The average Bonchev–Trinajstić information content (AvgIpc) is 2.02. The Labute approximate surface area is 72.4 Å². The van der Waals surface area contributed by atoms with Gasteiger partial charge in [0.05, 0.1) is 13.2 Å². The maximum Gasteiger partial charge on any atom is 0.216 e. The maximum absolute atomic E-state index is 10.4. The van der Waals surface area contributed by atoms with Crippen LogP contribution in [0.2, 0.25) is 0 Å².